The van der Waals surface area contributed by atoms with E-state index in [-0.39, 0.29) is 18.0 Å². The smallest absolute Gasteiger partial charge is 0.307 e. The molecule has 0 bridgehead atoms. The highest BCUT2D eigenvalue weighted by molar-refractivity contribution is 5.69. The molecule has 2 N–H and O–H groups in total. The summed E-state index contributed by atoms with van der Waals surface area (Å²) < 4.78 is 0. The van der Waals surface area contributed by atoms with E-state index in [0.29, 0.717) is 24.4 Å². The molecule has 0 spiro atoms. The van der Waals surface area contributed by atoms with Gasteiger partial charge in [-0.3, -0.25) is 15.0 Å². The second-order valence-corrected chi connectivity index (χ2v) is 11.3. The highest BCUT2D eigenvalue weighted by Crippen LogP contribution is 2.48. The van der Waals surface area contributed by atoms with Crippen molar-refractivity contribution in [1.82, 2.24) is 10.2 Å². The molecule has 0 aromatic carbocycles. The molecule has 5 heteroatoms. The van der Waals surface area contributed by atoms with Gasteiger partial charge in [0.05, 0.1) is 18.2 Å². The lowest BCUT2D eigenvalue weighted by Crippen LogP contribution is -2.60. The highest BCUT2D eigenvalue weighted by atomic mass is 16.4. The monoisotopic (exact) mass is 445 g/mol. The van der Waals surface area contributed by atoms with Gasteiger partial charge in [0.1, 0.15) is 0 Å². The Kier molecular flexibility index (Phi) is 9.86. The molecular formula is C27H47N3O2. The Bertz CT molecular complexity index is 633. The number of carboxylic acids is 1. The van der Waals surface area contributed by atoms with Crippen molar-refractivity contribution < 1.29 is 9.90 Å². The summed E-state index contributed by atoms with van der Waals surface area (Å²) in [5, 5.41) is 22.9. The van der Waals surface area contributed by atoms with E-state index in [1.54, 1.807) is 0 Å². The fourth-order valence-corrected chi connectivity index (χ4v) is 7.07. The molecule has 3 aliphatic rings. The van der Waals surface area contributed by atoms with Gasteiger partial charge in [0, 0.05) is 18.5 Å². The van der Waals surface area contributed by atoms with E-state index in [9.17, 15) is 15.2 Å². The van der Waals surface area contributed by atoms with Gasteiger partial charge in [-0.15, -0.1) is 0 Å². The van der Waals surface area contributed by atoms with Gasteiger partial charge in [-0.2, -0.15) is 5.26 Å². The summed E-state index contributed by atoms with van der Waals surface area (Å²) in [5.74, 6) is 2.10. The SMILES string of the molecule is CCCCCCC1CCC2NC(N(C)CC(C)C(=O)O)CC(C3CCCC(C#N)C3)C2C1. The zero-order valence-corrected chi connectivity index (χ0v) is 20.8. The summed E-state index contributed by atoms with van der Waals surface area (Å²) in [4.78, 5) is 13.7. The standard InChI is InChI=1S/C27H47N3O2/c1-4-5-6-7-9-20-12-13-25-24(15-20)23(22-11-8-10-21(14-22)17-28)16-26(29-25)30(3)18-19(2)27(31)32/h19-26,29H,4-16,18H2,1-3H3,(H,31,32). The minimum atomic E-state index is -0.713. The molecule has 1 heterocycles. The predicted octanol–water partition coefficient (Wildman–Crippen LogP) is 5.66. The van der Waals surface area contributed by atoms with Crippen LogP contribution in [0.3, 0.4) is 0 Å². The Labute approximate surface area is 196 Å². The number of rotatable bonds is 10. The third kappa shape index (κ3) is 6.70. The van der Waals surface area contributed by atoms with E-state index in [0.717, 1.165) is 31.1 Å². The quantitative estimate of drug-likeness (QED) is 0.424. The molecule has 2 aliphatic carbocycles. The number of nitrogens with zero attached hydrogens (tertiary/aromatic N) is 2. The topological polar surface area (TPSA) is 76.4 Å². The highest BCUT2D eigenvalue weighted by Gasteiger charge is 2.45. The van der Waals surface area contributed by atoms with Gasteiger partial charge in [0.25, 0.3) is 0 Å². The van der Waals surface area contributed by atoms with E-state index in [4.69, 9.17) is 0 Å². The third-order valence-electron chi connectivity index (χ3n) is 8.94. The molecule has 5 nitrogen and oxygen atoms in total. The average molecular weight is 446 g/mol. The number of aliphatic carboxylic acids is 1. The summed E-state index contributed by atoms with van der Waals surface area (Å²) in [7, 11) is 2.09. The third-order valence-corrected chi connectivity index (χ3v) is 8.94. The maximum atomic E-state index is 11.4. The number of nitriles is 1. The van der Waals surface area contributed by atoms with Crippen LogP contribution < -0.4 is 5.32 Å². The van der Waals surface area contributed by atoms with Crippen molar-refractivity contribution in [3.63, 3.8) is 0 Å². The second kappa shape index (κ2) is 12.4. The van der Waals surface area contributed by atoms with Gasteiger partial charge in [-0.05, 0) is 69.2 Å². The summed E-state index contributed by atoms with van der Waals surface area (Å²) >= 11 is 0. The maximum Gasteiger partial charge on any atom is 0.307 e. The molecule has 8 unspecified atom stereocenters. The number of hydrogen-bond donors (Lipinski definition) is 2. The molecule has 2 saturated carbocycles. The minimum Gasteiger partial charge on any atom is -0.481 e. The molecular weight excluding hydrogens is 398 g/mol. The van der Waals surface area contributed by atoms with Gasteiger partial charge >= 0.3 is 5.97 Å². The molecule has 0 aromatic heterocycles. The van der Waals surface area contributed by atoms with Crippen LogP contribution in [-0.4, -0.2) is 41.8 Å². The zero-order valence-electron chi connectivity index (χ0n) is 20.8. The van der Waals surface area contributed by atoms with Gasteiger partial charge in [-0.1, -0.05) is 58.8 Å². The summed E-state index contributed by atoms with van der Waals surface area (Å²) in [6.45, 7) is 4.68. The number of fused-ring (bicyclic) bond motifs is 1. The van der Waals surface area contributed by atoms with Crippen molar-refractivity contribution in [3.8, 4) is 6.07 Å². The van der Waals surface area contributed by atoms with Crippen LogP contribution in [0.2, 0.25) is 0 Å². The number of carboxylic acid groups (broad SMARTS) is 1. The largest absolute Gasteiger partial charge is 0.481 e. The molecule has 8 atom stereocenters. The van der Waals surface area contributed by atoms with E-state index in [1.807, 2.05) is 6.92 Å². The van der Waals surface area contributed by atoms with Crippen LogP contribution in [-0.2, 0) is 4.79 Å². The van der Waals surface area contributed by atoms with E-state index >= 15 is 0 Å². The first kappa shape index (κ1) is 25.5. The summed E-state index contributed by atoms with van der Waals surface area (Å²) in [5.41, 5.74) is 0. The molecule has 3 rings (SSSR count). The first-order valence-corrected chi connectivity index (χ1v) is 13.5. The van der Waals surface area contributed by atoms with Crippen LogP contribution in [0, 0.1) is 46.8 Å². The van der Waals surface area contributed by atoms with Gasteiger partial charge in [0.2, 0.25) is 0 Å². The molecule has 1 saturated heterocycles. The van der Waals surface area contributed by atoms with Gasteiger partial charge in [0.15, 0.2) is 0 Å². The lowest BCUT2D eigenvalue weighted by atomic mass is 9.61. The number of nitrogens with one attached hydrogen (secondary N) is 1. The van der Waals surface area contributed by atoms with Crippen molar-refractivity contribution in [2.45, 2.75) is 110 Å². The van der Waals surface area contributed by atoms with E-state index in [2.05, 4.69) is 30.3 Å². The molecule has 182 valence electrons. The van der Waals surface area contributed by atoms with Gasteiger partial charge < -0.3 is 5.11 Å². The zero-order chi connectivity index (χ0) is 23.1. The fourth-order valence-electron chi connectivity index (χ4n) is 7.07. The van der Waals surface area contributed by atoms with Crippen LogP contribution in [0.4, 0.5) is 0 Å². The first-order chi connectivity index (χ1) is 15.4. The van der Waals surface area contributed by atoms with Crippen LogP contribution >= 0.6 is 0 Å². The number of piperidine rings is 1. The normalized spacial score (nSPS) is 36.3. The molecule has 1 aliphatic heterocycles. The van der Waals surface area contributed by atoms with Crippen LogP contribution in [0.5, 0.6) is 0 Å². The number of hydrogen-bond acceptors (Lipinski definition) is 4. The van der Waals surface area contributed by atoms with Gasteiger partial charge in [-0.25, -0.2) is 0 Å². The van der Waals surface area contributed by atoms with Crippen molar-refractivity contribution in [2.75, 3.05) is 13.6 Å². The predicted molar refractivity (Wildman–Crippen MR) is 129 cm³/mol. The van der Waals surface area contributed by atoms with Crippen molar-refractivity contribution >= 4 is 5.97 Å². The molecule has 0 amide bonds. The Morgan fingerprint density at radius 1 is 1.12 bits per heavy atom. The number of carbonyl (C=O) groups is 1. The van der Waals surface area contributed by atoms with E-state index in [1.165, 1.54) is 64.2 Å². The average Bonchev–Trinajstić information content (AvgIpc) is 2.81. The molecule has 0 radical (unpaired) electrons. The van der Waals surface area contributed by atoms with Crippen molar-refractivity contribution in [2.24, 2.45) is 35.5 Å². The summed E-state index contributed by atoms with van der Waals surface area (Å²) in [6, 6.07) is 3.13. The first-order valence-electron chi connectivity index (χ1n) is 13.5. The second-order valence-electron chi connectivity index (χ2n) is 11.3. The number of unbranched alkanes of at least 4 members (excludes halogenated alkanes) is 3. The van der Waals surface area contributed by atoms with Crippen LogP contribution in [0.15, 0.2) is 0 Å². The van der Waals surface area contributed by atoms with Crippen LogP contribution in [0.25, 0.3) is 0 Å². The molecule has 3 fully saturated rings. The van der Waals surface area contributed by atoms with E-state index < -0.39 is 5.97 Å². The summed E-state index contributed by atoms with van der Waals surface area (Å²) in [6.07, 6.45) is 16.7. The Morgan fingerprint density at radius 2 is 1.94 bits per heavy atom. The fraction of sp³-hybridized carbons (Fsp3) is 0.926. The minimum absolute atomic E-state index is 0.235. The lowest BCUT2D eigenvalue weighted by Gasteiger charge is -2.52. The van der Waals surface area contributed by atoms with Crippen molar-refractivity contribution in [3.05, 3.63) is 0 Å². The molecule has 0 aromatic rings. The maximum absolute atomic E-state index is 11.4. The molecule has 32 heavy (non-hydrogen) atoms. The Balaban J connectivity index is 1.69. The lowest BCUT2D eigenvalue weighted by molar-refractivity contribution is -0.142. The van der Waals surface area contributed by atoms with Crippen LogP contribution in [0.1, 0.15) is 97.3 Å². The Hall–Kier alpha value is -1.12. The Morgan fingerprint density at radius 3 is 2.66 bits per heavy atom. The van der Waals surface area contributed by atoms with Crippen molar-refractivity contribution in [1.29, 1.82) is 5.26 Å².